The Morgan fingerprint density at radius 1 is 0.853 bits per heavy atom. The van der Waals surface area contributed by atoms with E-state index in [0.717, 1.165) is 29.5 Å². The van der Waals surface area contributed by atoms with Gasteiger partial charge in [-0.2, -0.15) is 0 Å². The second kappa shape index (κ2) is 13.2. The number of halogens is 2. The maximum absolute atomic E-state index is 13.6. The lowest BCUT2D eigenvalue weighted by Crippen LogP contribution is -2.51. The van der Waals surface area contributed by atoms with Crippen LogP contribution in [-0.4, -0.2) is 29.3 Å². The molecule has 1 atom stereocenters. The average molecular weight is 497 g/mol. The molecule has 34 heavy (non-hydrogen) atoms. The number of hydrogen-bond donors (Lipinski definition) is 1. The largest absolute Gasteiger partial charge is 0.354 e. The minimum atomic E-state index is -0.644. The highest BCUT2D eigenvalue weighted by Gasteiger charge is 2.30. The molecule has 0 unspecified atom stereocenters. The van der Waals surface area contributed by atoms with Gasteiger partial charge in [-0.15, -0.1) is 0 Å². The summed E-state index contributed by atoms with van der Waals surface area (Å²) >= 11 is 12.2. The van der Waals surface area contributed by atoms with Gasteiger partial charge in [0, 0.05) is 19.5 Å². The fourth-order valence-electron chi connectivity index (χ4n) is 3.77. The van der Waals surface area contributed by atoms with Crippen LogP contribution in [0.2, 0.25) is 10.0 Å². The second-order valence-electron chi connectivity index (χ2n) is 8.28. The monoisotopic (exact) mass is 496 g/mol. The van der Waals surface area contributed by atoms with Gasteiger partial charge in [-0.25, -0.2) is 0 Å². The predicted molar refractivity (Wildman–Crippen MR) is 139 cm³/mol. The molecule has 0 bridgehead atoms. The number of benzene rings is 3. The molecule has 0 fully saturated rings. The van der Waals surface area contributed by atoms with E-state index in [9.17, 15) is 9.59 Å². The number of hydrogen-bond acceptors (Lipinski definition) is 2. The van der Waals surface area contributed by atoms with Crippen molar-refractivity contribution in [2.75, 3.05) is 6.54 Å². The molecule has 0 aliphatic heterocycles. The Kier molecular flexibility index (Phi) is 9.99. The second-order valence-corrected chi connectivity index (χ2v) is 9.10. The van der Waals surface area contributed by atoms with Crippen LogP contribution in [0.5, 0.6) is 0 Å². The lowest BCUT2D eigenvalue weighted by atomic mass is 10.0. The van der Waals surface area contributed by atoms with Crippen LogP contribution in [-0.2, 0) is 29.0 Å². The summed E-state index contributed by atoms with van der Waals surface area (Å²) in [6.45, 7) is 3.00. The van der Waals surface area contributed by atoms with Gasteiger partial charge in [0.1, 0.15) is 6.04 Å². The number of carbonyl (C=O) groups is 2. The fraction of sp³-hybridized carbons (Fsp3) is 0.286. The van der Waals surface area contributed by atoms with Gasteiger partial charge in [-0.05, 0) is 35.2 Å². The summed E-state index contributed by atoms with van der Waals surface area (Å²) in [6.07, 6.45) is 2.42. The van der Waals surface area contributed by atoms with Gasteiger partial charge >= 0.3 is 0 Å². The van der Waals surface area contributed by atoms with Crippen LogP contribution in [0.25, 0.3) is 0 Å². The minimum Gasteiger partial charge on any atom is -0.354 e. The highest BCUT2D eigenvalue weighted by Crippen LogP contribution is 2.24. The van der Waals surface area contributed by atoms with E-state index in [4.69, 9.17) is 23.2 Å². The minimum absolute atomic E-state index is 0.122. The molecule has 0 saturated carbocycles. The van der Waals surface area contributed by atoms with Crippen molar-refractivity contribution in [2.45, 2.75) is 45.2 Å². The molecule has 178 valence electrons. The number of rotatable bonds is 11. The molecule has 0 aromatic heterocycles. The number of nitrogens with zero attached hydrogens (tertiary/aromatic N) is 1. The van der Waals surface area contributed by atoms with Crippen molar-refractivity contribution in [3.63, 3.8) is 0 Å². The highest BCUT2D eigenvalue weighted by molar-refractivity contribution is 6.42. The third-order valence-electron chi connectivity index (χ3n) is 5.64. The van der Waals surface area contributed by atoms with E-state index in [2.05, 4.69) is 12.2 Å². The van der Waals surface area contributed by atoms with Crippen LogP contribution >= 0.6 is 23.2 Å². The molecular weight excluding hydrogens is 467 g/mol. The first-order chi connectivity index (χ1) is 16.5. The zero-order chi connectivity index (χ0) is 24.3. The van der Waals surface area contributed by atoms with E-state index in [0.29, 0.717) is 29.6 Å². The van der Waals surface area contributed by atoms with Crippen molar-refractivity contribution in [3.8, 4) is 0 Å². The van der Waals surface area contributed by atoms with Crippen molar-refractivity contribution in [1.82, 2.24) is 10.2 Å². The quantitative estimate of drug-likeness (QED) is 0.326. The number of carbonyl (C=O) groups excluding carboxylic acids is 2. The van der Waals surface area contributed by atoms with E-state index < -0.39 is 6.04 Å². The van der Waals surface area contributed by atoms with Crippen molar-refractivity contribution in [1.29, 1.82) is 0 Å². The smallest absolute Gasteiger partial charge is 0.243 e. The van der Waals surface area contributed by atoms with Gasteiger partial charge in [-0.3, -0.25) is 9.59 Å². The molecule has 4 nitrogen and oxygen atoms in total. The Hall–Kier alpha value is -2.82. The van der Waals surface area contributed by atoms with Crippen molar-refractivity contribution in [3.05, 3.63) is 106 Å². The molecule has 6 heteroatoms. The van der Waals surface area contributed by atoms with E-state index in [1.54, 1.807) is 23.1 Å². The molecule has 2 amide bonds. The average Bonchev–Trinajstić information content (AvgIpc) is 2.85. The summed E-state index contributed by atoms with van der Waals surface area (Å²) in [5, 5.41) is 3.88. The molecule has 0 saturated heterocycles. The maximum Gasteiger partial charge on any atom is 0.243 e. The fourth-order valence-corrected chi connectivity index (χ4v) is 4.09. The molecule has 3 aromatic carbocycles. The van der Waals surface area contributed by atoms with Crippen LogP contribution in [0.4, 0.5) is 0 Å². The molecular formula is C28H30Cl2N2O2. The standard InChI is InChI=1S/C28H30Cl2N2O2/c1-2-3-16-31-28(34)26(18-21-10-6-4-7-11-21)32(20-22-12-8-5-9-13-22)27(33)19-23-14-15-24(29)25(30)17-23/h4-15,17,26H,2-3,16,18-20H2,1H3,(H,31,34)/t26-/m0/s1. The maximum atomic E-state index is 13.6. The Morgan fingerprint density at radius 2 is 1.50 bits per heavy atom. The van der Waals surface area contributed by atoms with Crippen LogP contribution in [0, 0.1) is 0 Å². The molecule has 0 aliphatic carbocycles. The van der Waals surface area contributed by atoms with Crippen LogP contribution < -0.4 is 5.32 Å². The van der Waals surface area contributed by atoms with Gasteiger partial charge in [0.25, 0.3) is 0 Å². The molecule has 0 radical (unpaired) electrons. The predicted octanol–water partition coefficient (Wildman–Crippen LogP) is 6.09. The molecule has 1 N–H and O–H groups in total. The van der Waals surface area contributed by atoms with E-state index >= 15 is 0 Å². The van der Waals surface area contributed by atoms with Gasteiger partial charge < -0.3 is 10.2 Å². The lowest BCUT2D eigenvalue weighted by molar-refractivity contribution is -0.140. The molecule has 0 spiro atoms. The Morgan fingerprint density at radius 3 is 2.12 bits per heavy atom. The topological polar surface area (TPSA) is 49.4 Å². The summed E-state index contributed by atoms with van der Waals surface area (Å²) in [5.74, 6) is -0.287. The lowest BCUT2D eigenvalue weighted by Gasteiger charge is -2.31. The third kappa shape index (κ3) is 7.61. The van der Waals surface area contributed by atoms with E-state index in [1.165, 1.54) is 0 Å². The first-order valence-corrected chi connectivity index (χ1v) is 12.3. The van der Waals surface area contributed by atoms with Crippen LogP contribution in [0.1, 0.15) is 36.5 Å². The highest BCUT2D eigenvalue weighted by atomic mass is 35.5. The van der Waals surface area contributed by atoms with Gasteiger partial charge in [0.05, 0.1) is 16.5 Å². The van der Waals surface area contributed by atoms with Crippen molar-refractivity contribution in [2.24, 2.45) is 0 Å². The summed E-state index contributed by atoms with van der Waals surface area (Å²) < 4.78 is 0. The Bertz CT molecular complexity index is 1070. The van der Waals surface area contributed by atoms with Crippen LogP contribution in [0.15, 0.2) is 78.9 Å². The molecule has 3 aromatic rings. The number of nitrogens with one attached hydrogen (secondary N) is 1. The zero-order valence-electron chi connectivity index (χ0n) is 19.3. The van der Waals surface area contributed by atoms with Crippen molar-refractivity contribution >= 4 is 35.0 Å². The first-order valence-electron chi connectivity index (χ1n) is 11.6. The summed E-state index contributed by atoms with van der Waals surface area (Å²) in [5.41, 5.74) is 2.71. The SMILES string of the molecule is CCCCNC(=O)[C@H](Cc1ccccc1)N(Cc1ccccc1)C(=O)Cc1ccc(Cl)c(Cl)c1. The summed E-state index contributed by atoms with van der Waals surface area (Å²) in [6, 6.07) is 24.1. The van der Waals surface area contributed by atoms with Gasteiger partial charge in [0.15, 0.2) is 0 Å². The number of amides is 2. The molecule has 3 rings (SSSR count). The normalized spacial score (nSPS) is 11.6. The van der Waals surface area contributed by atoms with Crippen molar-refractivity contribution < 1.29 is 9.59 Å². The summed E-state index contributed by atoms with van der Waals surface area (Å²) in [7, 11) is 0. The van der Waals surface area contributed by atoms with E-state index in [-0.39, 0.29) is 18.2 Å². The zero-order valence-corrected chi connectivity index (χ0v) is 20.9. The first kappa shape index (κ1) is 25.8. The van der Waals surface area contributed by atoms with E-state index in [1.807, 2.05) is 60.7 Å². The number of unbranched alkanes of at least 4 members (excludes halogenated alkanes) is 1. The third-order valence-corrected chi connectivity index (χ3v) is 6.37. The van der Waals surface area contributed by atoms with Gasteiger partial charge in [-0.1, -0.05) is 103 Å². The van der Waals surface area contributed by atoms with Crippen LogP contribution in [0.3, 0.4) is 0 Å². The molecule has 0 aliphatic rings. The summed E-state index contributed by atoms with van der Waals surface area (Å²) in [4.78, 5) is 28.7. The molecule has 0 heterocycles. The Labute approximate surface area is 211 Å². The Balaban J connectivity index is 1.92. The van der Waals surface area contributed by atoms with Gasteiger partial charge in [0.2, 0.25) is 11.8 Å².